The molecule has 1 amide bonds. The van der Waals surface area contributed by atoms with Crippen molar-refractivity contribution < 1.29 is 9.53 Å². The Morgan fingerprint density at radius 2 is 2.05 bits per heavy atom. The number of nitrogens with zero attached hydrogens (tertiary/aromatic N) is 1. The molecule has 2 rings (SSSR count). The zero-order valence-corrected chi connectivity index (χ0v) is 12.1. The Labute approximate surface area is 115 Å². The molecule has 0 radical (unpaired) electrons. The first-order valence-electron chi connectivity index (χ1n) is 6.94. The highest BCUT2D eigenvalue weighted by Crippen LogP contribution is 2.27. The smallest absolute Gasteiger partial charge is 0.223 e. The summed E-state index contributed by atoms with van der Waals surface area (Å²) in [6.07, 6.45) is 0.696. The third-order valence-corrected chi connectivity index (χ3v) is 3.74. The molecule has 0 bridgehead atoms. The topological polar surface area (TPSA) is 29.5 Å². The highest BCUT2D eigenvalue weighted by atomic mass is 16.5. The minimum Gasteiger partial charge on any atom is -0.375 e. The van der Waals surface area contributed by atoms with Gasteiger partial charge >= 0.3 is 0 Å². The van der Waals surface area contributed by atoms with E-state index in [9.17, 15) is 4.79 Å². The van der Waals surface area contributed by atoms with Crippen LogP contribution in [0.3, 0.4) is 0 Å². The van der Waals surface area contributed by atoms with Crippen molar-refractivity contribution in [2.24, 2.45) is 0 Å². The largest absolute Gasteiger partial charge is 0.375 e. The monoisotopic (exact) mass is 261 g/mol. The molecular formula is C16H23NO2. The molecule has 0 N–H and O–H groups in total. The van der Waals surface area contributed by atoms with Crippen molar-refractivity contribution in [1.29, 1.82) is 0 Å². The van der Waals surface area contributed by atoms with Gasteiger partial charge in [-0.3, -0.25) is 4.79 Å². The number of ether oxygens (including phenoxy) is 1. The van der Waals surface area contributed by atoms with Gasteiger partial charge in [-0.2, -0.15) is 0 Å². The molecule has 1 saturated heterocycles. The molecule has 1 aromatic rings. The average molecular weight is 261 g/mol. The molecule has 0 aromatic heterocycles. The lowest BCUT2D eigenvalue weighted by Crippen LogP contribution is -2.46. The molecule has 1 unspecified atom stereocenters. The van der Waals surface area contributed by atoms with E-state index in [4.69, 9.17) is 4.74 Å². The van der Waals surface area contributed by atoms with Crippen LogP contribution in [0.5, 0.6) is 0 Å². The lowest BCUT2D eigenvalue weighted by Gasteiger charge is -2.34. The van der Waals surface area contributed by atoms with Gasteiger partial charge in [-0.25, -0.2) is 0 Å². The van der Waals surface area contributed by atoms with Gasteiger partial charge in [0, 0.05) is 19.5 Å². The van der Waals surface area contributed by atoms with Crippen LogP contribution in [0.25, 0.3) is 0 Å². The molecule has 1 aliphatic rings. The van der Waals surface area contributed by atoms with E-state index in [2.05, 4.69) is 26.0 Å². The number of rotatable bonds is 3. The Hall–Kier alpha value is -1.35. The fraction of sp³-hybridized carbons (Fsp3) is 0.562. The van der Waals surface area contributed by atoms with Crippen LogP contribution in [0.4, 0.5) is 0 Å². The molecular weight excluding hydrogens is 238 g/mol. The van der Waals surface area contributed by atoms with Crippen LogP contribution in [0.15, 0.2) is 30.3 Å². The van der Waals surface area contributed by atoms with E-state index in [1.54, 1.807) is 0 Å². The van der Waals surface area contributed by atoms with Gasteiger partial charge < -0.3 is 9.64 Å². The summed E-state index contributed by atoms with van der Waals surface area (Å²) in [6.45, 7) is 8.35. The number of hydrogen-bond acceptors (Lipinski definition) is 2. The molecule has 104 valence electrons. The zero-order chi connectivity index (χ0) is 13.9. The highest BCUT2D eigenvalue weighted by molar-refractivity contribution is 5.77. The van der Waals surface area contributed by atoms with E-state index in [1.165, 1.54) is 5.56 Å². The molecule has 0 spiro atoms. The fourth-order valence-corrected chi connectivity index (χ4v) is 2.53. The van der Waals surface area contributed by atoms with E-state index in [0.29, 0.717) is 26.1 Å². The van der Waals surface area contributed by atoms with Gasteiger partial charge in [0.25, 0.3) is 0 Å². The van der Waals surface area contributed by atoms with Crippen LogP contribution in [0.1, 0.15) is 32.8 Å². The highest BCUT2D eigenvalue weighted by Gasteiger charge is 2.28. The third-order valence-electron chi connectivity index (χ3n) is 3.74. The first kappa shape index (κ1) is 14.1. The van der Waals surface area contributed by atoms with E-state index >= 15 is 0 Å². The Morgan fingerprint density at radius 1 is 1.37 bits per heavy atom. The van der Waals surface area contributed by atoms with Crippen molar-refractivity contribution in [1.82, 2.24) is 4.90 Å². The van der Waals surface area contributed by atoms with Crippen molar-refractivity contribution >= 4 is 5.91 Å². The van der Waals surface area contributed by atoms with Gasteiger partial charge in [0.1, 0.15) is 0 Å². The number of morpholine rings is 1. The Kier molecular flexibility index (Phi) is 4.25. The molecule has 3 heteroatoms. The van der Waals surface area contributed by atoms with Gasteiger partial charge in [0.05, 0.1) is 12.7 Å². The van der Waals surface area contributed by atoms with E-state index in [0.717, 1.165) is 0 Å². The number of amides is 1. The quantitative estimate of drug-likeness (QED) is 0.837. The molecule has 1 aromatic carbocycles. The molecule has 19 heavy (non-hydrogen) atoms. The lowest BCUT2D eigenvalue weighted by atomic mass is 9.81. The zero-order valence-electron chi connectivity index (χ0n) is 12.1. The number of carbonyl (C=O) groups is 1. The van der Waals surface area contributed by atoms with Crippen molar-refractivity contribution in [3.8, 4) is 0 Å². The predicted molar refractivity (Wildman–Crippen MR) is 76.1 cm³/mol. The van der Waals surface area contributed by atoms with E-state index < -0.39 is 0 Å². The molecule has 1 heterocycles. The van der Waals surface area contributed by atoms with Crippen LogP contribution >= 0.6 is 0 Å². The summed E-state index contributed by atoms with van der Waals surface area (Å²) in [6, 6.07) is 10.2. The summed E-state index contributed by atoms with van der Waals surface area (Å²) in [5, 5.41) is 0. The summed E-state index contributed by atoms with van der Waals surface area (Å²) in [4.78, 5) is 14.3. The van der Waals surface area contributed by atoms with Crippen molar-refractivity contribution in [3.63, 3.8) is 0 Å². The Morgan fingerprint density at radius 3 is 2.68 bits per heavy atom. The van der Waals surface area contributed by atoms with E-state index in [1.807, 2.05) is 30.0 Å². The van der Waals surface area contributed by atoms with Crippen LogP contribution in [0, 0.1) is 0 Å². The van der Waals surface area contributed by atoms with Gasteiger partial charge in [-0.05, 0) is 17.9 Å². The minimum absolute atomic E-state index is 0.125. The average Bonchev–Trinajstić information content (AvgIpc) is 2.39. The second kappa shape index (κ2) is 5.74. The van der Waals surface area contributed by atoms with Crippen LogP contribution < -0.4 is 0 Å². The maximum Gasteiger partial charge on any atom is 0.223 e. The maximum atomic E-state index is 12.4. The standard InChI is InChI=1S/C16H23NO2/c1-13-12-17(9-10-19-13)15(18)11-16(2,3)14-7-5-4-6-8-14/h4-8,13H,9-12H2,1-3H3. The summed E-state index contributed by atoms with van der Waals surface area (Å²) in [5.74, 6) is 0.226. The maximum absolute atomic E-state index is 12.4. The normalized spacial score (nSPS) is 20.4. The number of benzene rings is 1. The second-order valence-electron chi connectivity index (χ2n) is 5.95. The van der Waals surface area contributed by atoms with Crippen molar-refractivity contribution in [3.05, 3.63) is 35.9 Å². The van der Waals surface area contributed by atoms with Crippen LogP contribution in [-0.2, 0) is 14.9 Å². The van der Waals surface area contributed by atoms with Crippen LogP contribution in [0.2, 0.25) is 0 Å². The van der Waals surface area contributed by atoms with E-state index in [-0.39, 0.29) is 17.4 Å². The van der Waals surface area contributed by atoms with Gasteiger partial charge in [0.2, 0.25) is 5.91 Å². The Bertz CT molecular complexity index is 428. The molecule has 0 aliphatic carbocycles. The first-order chi connectivity index (χ1) is 8.99. The Balaban J connectivity index is 2.01. The first-order valence-corrected chi connectivity index (χ1v) is 6.94. The summed E-state index contributed by atoms with van der Waals surface area (Å²) < 4.78 is 5.48. The SMILES string of the molecule is CC1CN(C(=O)CC(C)(C)c2ccccc2)CCO1. The minimum atomic E-state index is -0.125. The third kappa shape index (κ3) is 3.57. The summed E-state index contributed by atoms with van der Waals surface area (Å²) in [5.41, 5.74) is 1.09. The number of carbonyl (C=O) groups excluding carboxylic acids is 1. The summed E-state index contributed by atoms with van der Waals surface area (Å²) >= 11 is 0. The van der Waals surface area contributed by atoms with Crippen LogP contribution in [-0.4, -0.2) is 36.6 Å². The predicted octanol–water partition coefficient (Wildman–Crippen LogP) is 2.60. The fourth-order valence-electron chi connectivity index (χ4n) is 2.53. The van der Waals surface area contributed by atoms with Crippen molar-refractivity contribution in [2.45, 2.75) is 38.7 Å². The molecule has 3 nitrogen and oxygen atoms in total. The second-order valence-corrected chi connectivity index (χ2v) is 5.95. The molecule has 0 saturated carbocycles. The molecule has 1 atom stereocenters. The summed E-state index contributed by atoms with van der Waals surface area (Å²) in [7, 11) is 0. The lowest BCUT2D eigenvalue weighted by molar-refractivity contribution is -0.139. The molecule has 1 aliphatic heterocycles. The van der Waals surface area contributed by atoms with Crippen molar-refractivity contribution in [2.75, 3.05) is 19.7 Å². The van der Waals surface area contributed by atoms with Gasteiger partial charge in [-0.15, -0.1) is 0 Å². The van der Waals surface area contributed by atoms with Gasteiger partial charge in [-0.1, -0.05) is 44.2 Å². The van der Waals surface area contributed by atoms with Gasteiger partial charge in [0.15, 0.2) is 0 Å². The number of hydrogen-bond donors (Lipinski definition) is 0. The molecule has 1 fully saturated rings.